The predicted molar refractivity (Wildman–Crippen MR) is 103 cm³/mol. The van der Waals surface area contributed by atoms with E-state index in [1.165, 1.54) is 19.3 Å². The highest BCUT2D eigenvalue weighted by Gasteiger charge is 2.56. The van der Waals surface area contributed by atoms with Gasteiger partial charge in [-0.1, -0.05) is 0 Å². The number of hydrogen-bond acceptors (Lipinski definition) is 3. The average Bonchev–Trinajstić information content (AvgIpc) is 3.29. The van der Waals surface area contributed by atoms with Crippen LogP contribution in [0, 0.1) is 23.2 Å². The van der Waals surface area contributed by atoms with E-state index in [0.29, 0.717) is 32.0 Å². The van der Waals surface area contributed by atoms with Gasteiger partial charge in [-0.3, -0.25) is 14.3 Å². The summed E-state index contributed by atoms with van der Waals surface area (Å²) < 4.78 is 2.06. The van der Waals surface area contributed by atoms with Gasteiger partial charge in [-0.05, 0) is 68.8 Å². The van der Waals surface area contributed by atoms with E-state index in [9.17, 15) is 9.59 Å². The van der Waals surface area contributed by atoms with E-state index in [1.807, 2.05) is 17.2 Å². The summed E-state index contributed by atoms with van der Waals surface area (Å²) in [5.41, 5.74) is 1.02. The van der Waals surface area contributed by atoms with Gasteiger partial charge in [0.05, 0.1) is 23.7 Å². The quantitative estimate of drug-likeness (QED) is 0.807. The molecule has 0 unspecified atom stereocenters. The molecule has 1 saturated heterocycles. The molecule has 5 fully saturated rings. The molecule has 3 heterocycles. The Labute approximate surface area is 166 Å². The summed E-state index contributed by atoms with van der Waals surface area (Å²) in [6, 6.07) is 2.12. The van der Waals surface area contributed by atoms with E-state index in [1.54, 1.807) is 0 Å². The summed E-state index contributed by atoms with van der Waals surface area (Å²) in [6.07, 6.45) is 10.9. The number of likely N-dealkylation sites (tertiary alicyclic amines) is 1. The minimum atomic E-state index is -0.0923. The third-order valence-electron chi connectivity index (χ3n) is 8.26. The van der Waals surface area contributed by atoms with Crippen LogP contribution in [0.3, 0.4) is 0 Å². The van der Waals surface area contributed by atoms with Crippen molar-refractivity contribution in [3.63, 3.8) is 0 Å². The van der Waals surface area contributed by atoms with Crippen LogP contribution >= 0.6 is 0 Å². The first kappa shape index (κ1) is 17.0. The molecule has 6 heteroatoms. The molecular formula is C22H30N4O2. The number of hydrogen-bond donors (Lipinski definition) is 0. The molecule has 2 aliphatic heterocycles. The van der Waals surface area contributed by atoms with Gasteiger partial charge in [0.2, 0.25) is 11.8 Å². The van der Waals surface area contributed by atoms with Gasteiger partial charge in [-0.25, -0.2) is 0 Å². The number of amides is 2. The molecule has 150 valence electrons. The van der Waals surface area contributed by atoms with E-state index in [-0.39, 0.29) is 17.4 Å². The molecule has 28 heavy (non-hydrogen) atoms. The normalized spacial score (nSPS) is 38.9. The molecule has 4 saturated carbocycles. The lowest BCUT2D eigenvalue weighted by molar-refractivity contribution is -0.160. The molecule has 1 aromatic rings. The van der Waals surface area contributed by atoms with Crippen molar-refractivity contribution in [2.24, 2.45) is 23.2 Å². The zero-order valence-corrected chi connectivity index (χ0v) is 16.6. The predicted octanol–water partition coefficient (Wildman–Crippen LogP) is 2.61. The van der Waals surface area contributed by atoms with Crippen LogP contribution in [0.4, 0.5) is 0 Å². The van der Waals surface area contributed by atoms with Gasteiger partial charge < -0.3 is 9.80 Å². The molecule has 0 spiro atoms. The van der Waals surface area contributed by atoms with Crippen molar-refractivity contribution in [2.45, 2.75) is 64.0 Å². The highest BCUT2D eigenvalue weighted by Crippen LogP contribution is 2.60. The van der Waals surface area contributed by atoms with Crippen LogP contribution in [0.2, 0.25) is 0 Å². The van der Waals surface area contributed by atoms with Crippen molar-refractivity contribution in [3.05, 3.63) is 18.0 Å². The Kier molecular flexibility index (Phi) is 3.70. The lowest BCUT2D eigenvalue weighted by Crippen LogP contribution is -2.56. The second-order valence-corrected chi connectivity index (χ2v) is 10.2. The molecule has 4 aliphatic carbocycles. The van der Waals surface area contributed by atoms with Crippen molar-refractivity contribution in [3.8, 4) is 0 Å². The van der Waals surface area contributed by atoms with Gasteiger partial charge in [-0.2, -0.15) is 5.10 Å². The van der Waals surface area contributed by atoms with Crippen LogP contribution in [0.25, 0.3) is 0 Å². The number of fused-ring (bicyclic) bond motifs is 1. The summed E-state index contributed by atoms with van der Waals surface area (Å²) in [5.74, 6) is 2.99. The molecule has 4 bridgehead atoms. The van der Waals surface area contributed by atoms with Crippen LogP contribution in [0.5, 0.6) is 0 Å². The van der Waals surface area contributed by atoms with Crippen LogP contribution in [0.1, 0.15) is 63.1 Å². The number of nitrogens with zero attached hydrogens (tertiary/aromatic N) is 4. The van der Waals surface area contributed by atoms with Gasteiger partial charge in [-0.15, -0.1) is 0 Å². The number of rotatable bonds is 3. The van der Waals surface area contributed by atoms with Crippen molar-refractivity contribution >= 4 is 11.8 Å². The maximum atomic E-state index is 13.8. The molecular weight excluding hydrogens is 352 g/mol. The Hall–Kier alpha value is -1.85. The van der Waals surface area contributed by atoms with E-state index in [0.717, 1.165) is 55.7 Å². The van der Waals surface area contributed by atoms with E-state index >= 15 is 0 Å². The number of aromatic nitrogens is 2. The Balaban J connectivity index is 1.26. The monoisotopic (exact) mass is 382 g/mol. The van der Waals surface area contributed by atoms with Crippen LogP contribution in [-0.4, -0.2) is 51.0 Å². The Bertz CT molecular complexity index is 780. The van der Waals surface area contributed by atoms with Crippen molar-refractivity contribution in [1.82, 2.24) is 19.6 Å². The first-order valence-corrected chi connectivity index (χ1v) is 11.2. The van der Waals surface area contributed by atoms with Gasteiger partial charge in [0.1, 0.15) is 0 Å². The van der Waals surface area contributed by atoms with Gasteiger partial charge in [0, 0.05) is 32.3 Å². The average molecular weight is 383 g/mol. The molecule has 6 aliphatic rings. The molecule has 1 aromatic heterocycles. The van der Waals surface area contributed by atoms with Gasteiger partial charge in [0.25, 0.3) is 0 Å². The lowest BCUT2D eigenvalue weighted by atomic mass is 9.49. The largest absolute Gasteiger partial charge is 0.340 e. The summed E-state index contributed by atoms with van der Waals surface area (Å²) in [6.45, 7) is 2.89. The molecule has 0 aromatic carbocycles. The topological polar surface area (TPSA) is 58.4 Å². The van der Waals surface area contributed by atoms with Gasteiger partial charge in [0.15, 0.2) is 0 Å². The molecule has 2 amide bonds. The summed E-state index contributed by atoms with van der Waals surface area (Å²) in [4.78, 5) is 30.1. The lowest BCUT2D eigenvalue weighted by Gasteiger charge is -2.57. The smallest absolute Gasteiger partial charge is 0.229 e. The third-order valence-corrected chi connectivity index (χ3v) is 8.26. The number of carbonyl (C=O) groups excluding carboxylic acids is 2. The fraction of sp³-hybridized carbons (Fsp3) is 0.773. The van der Waals surface area contributed by atoms with E-state index < -0.39 is 0 Å². The van der Waals surface area contributed by atoms with Crippen LogP contribution in [-0.2, 0) is 16.1 Å². The summed E-state index contributed by atoms with van der Waals surface area (Å²) in [7, 11) is 0. The molecule has 6 nitrogen and oxygen atoms in total. The SMILES string of the molecule is O=C1CCCN1C[C@@H]1CN(C(=O)C23CC4CC(CC(C4)C2)C3)Cc2ccnn21. The maximum Gasteiger partial charge on any atom is 0.229 e. The molecule has 1 atom stereocenters. The standard InChI is InChI=1S/C22H30N4O2/c27-20-2-1-5-24(20)13-19-14-25(12-18-3-4-23-26(18)19)21(28)22-9-15-6-16(10-22)8-17(7-15)11-22/h3-4,15-17,19H,1-2,5-14H2/t15?,16?,17?,19-,22?/m1/s1. The zero-order chi connectivity index (χ0) is 18.9. The van der Waals surface area contributed by atoms with Crippen molar-refractivity contribution in [1.29, 1.82) is 0 Å². The Morgan fingerprint density at radius 3 is 2.50 bits per heavy atom. The highest BCUT2D eigenvalue weighted by atomic mass is 16.2. The fourth-order valence-electron chi connectivity index (χ4n) is 7.54. The molecule has 0 N–H and O–H groups in total. The first-order chi connectivity index (χ1) is 13.6. The van der Waals surface area contributed by atoms with E-state index in [4.69, 9.17) is 0 Å². The van der Waals surface area contributed by atoms with Crippen LogP contribution in [0.15, 0.2) is 12.3 Å². The third kappa shape index (κ3) is 2.56. The van der Waals surface area contributed by atoms with Gasteiger partial charge >= 0.3 is 0 Å². The first-order valence-electron chi connectivity index (χ1n) is 11.2. The Morgan fingerprint density at radius 2 is 1.86 bits per heavy atom. The summed E-state index contributed by atoms with van der Waals surface area (Å²) in [5, 5.41) is 4.53. The minimum absolute atomic E-state index is 0.0821. The van der Waals surface area contributed by atoms with E-state index in [2.05, 4.69) is 14.7 Å². The van der Waals surface area contributed by atoms with Crippen molar-refractivity contribution < 1.29 is 9.59 Å². The molecule has 7 rings (SSSR count). The minimum Gasteiger partial charge on any atom is -0.340 e. The maximum absolute atomic E-state index is 13.8. The van der Waals surface area contributed by atoms with Crippen LogP contribution < -0.4 is 0 Å². The second kappa shape index (κ2) is 6.07. The summed E-state index contributed by atoms with van der Waals surface area (Å²) >= 11 is 0. The zero-order valence-electron chi connectivity index (χ0n) is 16.6. The second-order valence-electron chi connectivity index (χ2n) is 10.2. The Morgan fingerprint density at radius 1 is 1.14 bits per heavy atom. The van der Waals surface area contributed by atoms with Crippen molar-refractivity contribution in [2.75, 3.05) is 19.6 Å². The number of carbonyl (C=O) groups is 2. The molecule has 0 radical (unpaired) electrons. The fourth-order valence-corrected chi connectivity index (χ4v) is 7.54. The highest BCUT2D eigenvalue weighted by molar-refractivity contribution is 5.83.